The summed E-state index contributed by atoms with van der Waals surface area (Å²) in [6.07, 6.45) is 4.94. The van der Waals surface area contributed by atoms with Gasteiger partial charge in [-0.05, 0) is 6.26 Å². The second-order valence-corrected chi connectivity index (χ2v) is 2.64. The molecule has 5 nitrogen and oxygen atoms in total. The largest absolute Gasteiger partial charge is 0.336 e. The Morgan fingerprint density at radius 3 is 3.23 bits per heavy atom. The molecule has 0 aliphatic heterocycles. The maximum absolute atomic E-state index is 9.85. The van der Waals surface area contributed by atoms with Crippen molar-refractivity contribution in [2.45, 2.75) is 5.16 Å². The fourth-order valence-electron chi connectivity index (χ4n) is 0.584. The SMILES string of the molecule is CSc1nccc(O/N=C/C=O)n1. The molecule has 0 saturated heterocycles. The summed E-state index contributed by atoms with van der Waals surface area (Å²) in [5.74, 6) is 0.317. The van der Waals surface area contributed by atoms with Crippen molar-refractivity contribution in [3.8, 4) is 5.88 Å². The molecule has 0 saturated carbocycles. The molecule has 0 atom stereocenters. The van der Waals surface area contributed by atoms with E-state index in [0.717, 1.165) is 6.21 Å². The zero-order valence-electron chi connectivity index (χ0n) is 6.88. The number of aldehydes is 1. The normalized spacial score (nSPS) is 10.2. The zero-order chi connectivity index (χ0) is 9.52. The van der Waals surface area contributed by atoms with Gasteiger partial charge in [-0.15, -0.1) is 0 Å². The topological polar surface area (TPSA) is 64.4 Å². The molecule has 0 aromatic carbocycles. The fraction of sp³-hybridized carbons (Fsp3) is 0.143. The summed E-state index contributed by atoms with van der Waals surface area (Å²) < 4.78 is 0. The van der Waals surface area contributed by atoms with Gasteiger partial charge in [0, 0.05) is 12.3 Å². The lowest BCUT2D eigenvalue weighted by Crippen LogP contribution is -1.91. The monoisotopic (exact) mass is 197 g/mol. The first kappa shape index (κ1) is 9.66. The van der Waals surface area contributed by atoms with Crippen molar-refractivity contribution in [1.82, 2.24) is 9.97 Å². The quantitative estimate of drug-likeness (QED) is 0.234. The Bertz CT molecular complexity index is 316. The molecule has 1 heterocycles. The van der Waals surface area contributed by atoms with E-state index in [2.05, 4.69) is 15.1 Å². The second kappa shape index (κ2) is 5.26. The summed E-state index contributed by atoms with van der Waals surface area (Å²) in [6, 6.07) is 1.56. The van der Waals surface area contributed by atoms with Crippen LogP contribution < -0.4 is 4.84 Å². The zero-order valence-corrected chi connectivity index (χ0v) is 7.69. The molecule has 0 amide bonds. The van der Waals surface area contributed by atoms with Crippen LogP contribution in [-0.4, -0.2) is 28.7 Å². The lowest BCUT2D eigenvalue weighted by molar-refractivity contribution is -0.102. The summed E-state index contributed by atoms with van der Waals surface area (Å²) in [7, 11) is 0. The van der Waals surface area contributed by atoms with Gasteiger partial charge in [-0.1, -0.05) is 16.9 Å². The van der Waals surface area contributed by atoms with E-state index in [9.17, 15) is 4.79 Å². The summed E-state index contributed by atoms with van der Waals surface area (Å²) in [5.41, 5.74) is 0. The molecule has 0 fully saturated rings. The lowest BCUT2D eigenvalue weighted by atomic mass is 10.6. The van der Waals surface area contributed by atoms with E-state index in [1.54, 1.807) is 12.3 Å². The van der Waals surface area contributed by atoms with E-state index in [1.165, 1.54) is 11.8 Å². The van der Waals surface area contributed by atoms with E-state index >= 15 is 0 Å². The van der Waals surface area contributed by atoms with Gasteiger partial charge in [0.05, 0.1) is 0 Å². The van der Waals surface area contributed by atoms with Crippen molar-refractivity contribution >= 4 is 24.3 Å². The van der Waals surface area contributed by atoms with Crippen LogP contribution >= 0.6 is 11.8 Å². The Morgan fingerprint density at radius 2 is 2.54 bits per heavy atom. The van der Waals surface area contributed by atoms with Crippen LogP contribution in [0.15, 0.2) is 22.6 Å². The first-order valence-electron chi connectivity index (χ1n) is 3.38. The molecule has 0 N–H and O–H groups in total. The maximum Gasteiger partial charge on any atom is 0.252 e. The molecule has 13 heavy (non-hydrogen) atoms. The number of thioether (sulfide) groups is 1. The average molecular weight is 197 g/mol. The van der Waals surface area contributed by atoms with Gasteiger partial charge in [-0.25, -0.2) is 4.98 Å². The lowest BCUT2D eigenvalue weighted by Gasteiger charge is -1.97. The third-order valence-corrected chi connectivity index (χ3v) is 1.62. The average Bonchev–Trinajstić information content (AvgIpc) is 2.19. The van der Waals surface area contributed by atoms with Crippen LogP contribution in [0.4, 0.5) is 0 Å². The minimum atomic E-state index is 0.317. The molecule has 0 aliphatic rings. The van der Waals surface area contributed by atoms with Crippen molar-refractivity contribution < 1.29 is 9.63 Å². The van der Waals surface area contributed by atoms with E-state index in [-0.39, 0.29) is 0 Å². The highest BCUT2D eigenvalue weighted by atomic mass is 32.2. The molecular formula is C7H7N3O2S. The molecule has 0 aliphatic carbocycles. The second-order valence-electron chi connectivity index (χ2n) is 1.86. The molecule has 0 spiro atoms. The van der Waals surface area contributed by atoms with Crippen LogP contribution in [0.1, 0.15) is 0 Å². The number of hydrogen-bond donors (Lipinski definition) is 0. The summed E-state index contributed by atoms with van der Waals surface area (Å²) in [4.78, 5) is 22.5. The van der Waals surface area contributed by atoms with Gasteiger partial charge in [0.25, 0.3) is 5.88 Å². The molecule has 1 rings (SSSR count). The van der Waals surface area contributed by atoms with Crippen molar-refractivity contribution in [2.75, 3.05) is 6.26 Å². The Balaban J connectivity index is 2.66. The van der Waals surface area contributed by atoms with Crippen LogP contribution in [0.2, 0.25) is 0 Å². The standard InChI is InChI=1S/C7H7N3O2S/c1-13-7-8-3-2-6(10-7)12-9-4-5-11/h2-5H,1H3/b9-4+. The predicted octanol–water partition coefficient (Wildman–Crippen LogP) is 0.762. The fourth-order valence-corrected chi connectivity index (χ4v) is 0.931. The number of oxime groups is 1. The minimum Gasteiger partial charge on any atom is -0.336 e. The Kier molecular flexibility index (Phi) is 3.90. The van der Waals surface area contributed by atoms with Crippen molar-refractivity contribution in [1.29, 1.82) is 0 Å². The third-order valence-electron chi connectivity index (χ3n) is 1.06. The van der Waals surface area contributed by atoms with E-state index in [4.69, 9.17) is 4.84 Å². The molecule has 1 aromatic rings. The predicted molar refractivity (Wildman–Crippen MR) is 49.0 cm³/mol. The van der Waals surface area contributed by atoms with Crippen LogP contribution in [0, 0.1) is 0 Å². The van der Waals surface area contributed by atoms with Crippen molar-refractivity contribution in [2.24, 2.45) is 5.16 Å². The minimum absolute atomic E-state index is 0.317. The van der Waals surface area contributed by atoms with Crippen LogP contribution in [0.3, 0.4) is 0 Å². The van der Waals surface area contributed by atoms with Gasteiger partial charge < -0.3 is 4.84 Å². The molecule has 68 valence electrons. The Labute approximate surface area is 79.2 Å². The first-order chi connectivity index (χ1) is 6.36. The molecule has 0 radical (unpaired) electrons. The number of nitrogens with zero attached hydrogens (tertiary/aromatic N) is 3. The van der Waals surface area contributed by atoms with Gasteiger partial charge in [-0.3, -0.25) is 4.79 Å². The van der Waals surface area contributed by atoms with Gasteiger partial charge in [0.2, 0.25) is 0 Å². The van der Waals surface area contributed by atoms with Crippen LogP contribution in [-0.2, 0) is 4.79 Å². The smallest absolute Gasteiger partial charge is 0.252 e. The van der Waals surface area contributed by atoms with Crippen LogP contribution in [0.25, 0.3) is 0 Å². The molecule has 6 heteroatoms. The van der Waals surface area contributed by atoms with Gasteiger partial charge >= 0.3 is 0 Å². The Hall–Kier alpha value is -1.43. The number of carbonyl (C=O) groups is 1. The summed E-state index contributed by atoms with van der Waals surface area (Å²) in [6.45, 7) is 0. The van der Waals surface area contributed by atoms with Gasteiger partial charge in [0.15, 0.2) is 11.4 Å². The maximum atomic E-state index is 9.85. The van der Waals surface area contributed by atoms with Crippen molar-refractivity contribution in [3.05, 3.63) is 12.3 Å². The summed E-state index contributed by atoms with van der Waals surface area (Å²) in [5, 5.41) is 3.94. The molecule has 0 unspecified atom stereocenters. The molecule has 0 bridgehead atoms. The highest BCUT2D eigenvalue weighted by Crippen LogP contribution is 2.12. The highest BCUT2D eigenvalue weighted by molar-refractivity contribution is 7.98. The number of carbonyl (C=O) groups excluding carboxylic acids is 1. The third kappa shape index (κ3) is 3.20. The van der Waals surface area contributed by atoms with Gasteiger partial charge in [0.1, 0.15) is 6.21 Å². The van der Waals surface area contributed by atoms with Crippen molar-refractivity contribution in [3.63, 3.8) is 0 Å². The first-order valence-corrected chi connectivity index (χ1v) is 4.60. The van der Waals surface area contributed by atoms with E-state index in [0.29, 0.717) is 17.3 Å². The Morgan fingerprint density at radius 1 is 1.69 bits per heavy atom. The van der Waals surface area contributed by atoms with E-state index in [1.807, 2.05) is 6.26 Å². The summed E-state index contributed by atoms with van der Waals surface area (Å²) >= 11 is 1.40. The molecule has 1 aromatic heterocycles. The number of aromatic nitrogens is 2. The molecular weight excluding hydrogens is 190 g/mol. The van der Waals surface area contributed by atoms with Gasteiger partial charge in [-0.2, -0.15) is 4.98 Å². The number of rotatable bonds is 4. The number of hydrogen-bond acceptors (Lipinski definition) is 6. The highest BCUT2D eigenvalue weighted by Gasteiger charge is 1.96. The van der Waals surface area contributed by atoms with E-state index < -0.39 is 0 Å². The van der Waals surface area contributed by atoms with Crippen LogP contribution in [0.5, 0.6) is 5.88 Å².